The highest BCUT2D eigenvalue weighted by Gasteiger charge is 2.19. The van der Waals surface area contributed by atoms with Gasteiger partial charge in [0.1, 0.15) is 6.04 Å². The first-order chi connectivity index (χ1) is 12.2. The maximum Gasteiger partial charge on any atom is 0.251 e. The molecule has 0 radical (unpaired) electrons. The molecule has 0 heterocycles. The van der Waals surface area contributed by atoms with Crippen LogP contribution in [-0.4, -0.2) is 52.6 Å². The number of nitrogens with one attached hydrogen (secondary N) is 3. The zero-order valence-corrected chi connectivity index (χ0v) is 16.4. The average Bonchev–Trinajstić information content (AvgIpc) is 2.59. The third kappa shape index (κ3) is 6.74. The summed E-state index contributed by atoms with van der Waals surface area (Å²) in [5.74, 6) is -0.718. The number of hydrogen-bond acceptors (Lipinski definition) is 5. The lowest BCUT2D eigenvalue weighted by molar-refractivity contribution is -0.122. The summed E-state index contributed by atoms with van der Waals surface area (Å²) in [5.41, 5.74) is 0.268. The number of hydrogen-bond donors (Lipinski definition) is 3. The van der Waals surface area contributed by atoms with E-state index in [0.717, 1.165) is 6.42 Å². The molecule has 0 aliphatic carbocycles. The standard InChI is InChI=1S/C17H27N3O5S/c1-5-10-18-16(21)13(3)19-17(22)14-6-8-15(9-7-14)26(23,24)20-12(2)11-25-4/h6-9,12-13,20H,5,10-11H2,1-4H3,(H,18,21)(H,19,22)/t12-,13+/m1/s1. The Kier molecular flexibility index (Phi) is 8.70. The van der Waals surface area contributed by atoms with Crippen LogP contribution in [0.2, 0.25) is 0 Å². The molecule has 26 heavy (non-hydrogen) atoms. The highest BCUT2D eigenvalue weighted by atomic mass is 32.2. The van der Waals surface area contributed by atoms with Crippen molar-refractivity contribution in [1.82, 2.24) is 15.4 Å². The van der Waals surface area contributed by atoms with Crippen LogP contribution >= 0.6 is 0 Å². The Morgan fingerprint density at radius 2 is 1.77 bits per heavy atom. The Labute approximate surface area is 154 Å². The van der Waals surface area contributed by atoms with E-state index in [1.165, 1.54) is 31.4 Å². The molecule has 3 N–H and O–H groups in total. The van der Waals surface area contributed by atoms with Crippen LogP contribution in [0, 0.1) is 0 Å². The number of rotatable bonds is 10. The van der Waals surface area contributed by atoms with E-state index in [-0.39, 0.29) is 29.0 Å². The molecule has 1 aromatic carbocycles. The summed E-state index contributed by atoms with van der Waals surface area (Å²) in [5, 5.41) is 5.27. The Bertz CT molecular complexity index is 704. The molecule has 9 heteroatoms. The van der Waals surface area contributed by atoms with E-state index in [1.807, 2.05) is 6.92 Å². The maximum atomic E-state index is 12.2. The second-order valence-corrected chi connectivity index (χ2v) is 7.70. The maximum absolute atomic E-state index is 12.2. The third-order valence-corrected chi connectivity index (χ3v) is 5.10. The van der Waals surface area contributed by atoms with Gasteiger partial charge in [0.15, 0.2) is 0 Å². The molecule has 1 aromatic rings. The molecule has 0 saturated carbocycles. The fraction of sp³-hybridized carbons (Fsp3) is 0.529. The van der Waals surface area contributed by atoms with Crippen molar-refractivity contribution in [3.05, 3.63) is 29.8 Å². The molecule has 0 aromatic heterocycles. The minimum Gasteiger partial charge on any atom is -0.383 e. The Morgan fingerprint density at radius 3 is 2.31 bits per heavy atom. The molecule has 0 bridgehead atoms. The molecular formula is C17H27N3O5S. The minimum absolute atomic E-state index is 0.0470. The van der Waals surface area contributed by atoms with Gasteiger partial charge in [0.05, 0.1) is 11.5 Å². The van der Waals surface area contributed by atoms with Gasteiger partial charge in [0.25, 0.3) is 5.91 Å². The van der Waals surface area contributed by atoms with Crippen molar-refractivity contribution in [2.75, 3.05) is 20.3 Å². The fourth-order valence-electron chi connectivity index (χ4n) is 2.15. The lowest BCUT2D eigenvalue weighted by Gasteiger charge is -2.15. The molecule has 0 spiro atoms. The minimum atomic E-state index is -3.70. The van der Waals surface area contributed by atoms with Crippen LogP contribution < -0.4 is 15.4 Å². The van der Waals surface area contributed by atoms with Gasteiger partial charge in [-0.05, 0) is 44.5 Å². The number of methoxy groups -OCH3 is 1. The van der Waals surface area contributed by atoms with Crippen LogP contribution in [0.3, 0.4) is 0 Å². The Balaban J connectivity index is 2.74. The SMILES string of the molecule is CCCNC(=O)[C@H](C)NC(=O)c1ccc(S(=O)(=O)N[C@H](C)COC)cc1. The van der Waals surface area contributed by atoms with Gasteiger partial charge in [-0.25, -0.2) is 13.1 Å². The number of amides is 2. The summed E-state index contributed by atoms with van der Waals surface area (Å²) >= 11 is 0. The average molecular weight is 385 g/mol. The fourth-order valence-corrected chi connectivity index (χ4v) is 3.38. The quantitative estimate of drug-likeness (QED) is 0.547. The number of benzene rings is 1. The van der Waals surface area contributed by atoms with E-state index in [9.17, 15) is 18.0 Å². The van der Waals surface area contributed by atoms with Gasteiger partial charge in [-0.3, -0.25) is 9.59 Å². The third-order valence-electron chi connectivity index (χ3n) is 3.49. The molecular weight excluding hydrogens is 358 g/mol. The molecule has 8 nitrogen and oxygen atoms in total. The largest absolute Gasteiger partial charge is 0.383 e. The summed E-state index contributed by atoms with van der Waals surface area (Å²) in [7, 11) is -2.21. The number of sulfonamides is 1. The first-order valence-corrected chi connectivity index (χ1v) is 9.89. The van der Waals surface area contributed by atoms with Crippen LogP contribution in [-0.2, 0) is 19.6 Å². The lowest BCUT2D eigenvalue weighted by atomic mass is 10.2. The summed E-state index contributed by atoms with van der Waals surface area (Å²) in [6, 6.07) is 4.43. The Morgan fingerprint density at radius 1 is 1.15 bits per heavy atom. The molecule has 146 valence electrons. The van der Waals surface area contributed by atoms with Gasteiger partial charge in [-0.1, -0.05) is 6.92 Å². The zero-order valence-electron chi connectivity index (χ0n) is 15.5. The van der Waals surface area contributed by atoms with E-state index in [0.29, 0.717) is 6.54 Å². The van der Waals surface area contributed by atoms with Crippen molar-refractivity contribution in [2.45, 2.75) is 44.2 Å². The van der Waals surface area contributed by atoms with Crippen molar-refractivity contribution in [3.63, 3.8) is 0 Å². The molecule has 0 fully saturated rings. The van der Waals surface area contributed by atoms with E-state index in [4.69, 9.17) is 4.74 Å². The predicted octanol–water partition coefficient (Wildman–Crippen LogP) is 0.644. The number of carbonyl (C=O) groups excluding carboxylic acids is 2. The Hall–Kier alpha value is -1.97. The van der Waals surface area contributed by atoms with E-state index >= 15 is 0 Å². The first-order valence-electron chi connectivity index (χ1n) is 8.41. The topological polar surface area (TPSA) is 114 Å². The first kappa shape index (κ1) is 22.1. The molecule has 2 amide bonds. The van der Waals surface area contributed by atoms with E-state index in [1.54, 1.807) is 13.8 Å². The second kappa shape index (κ2) is 10.2. The van der Waals surface area contributed by atoms with Crippen molar-refractivity contribution in [1.29, 1.82) is 0 Å². The van der Waals surface area contributed by atoms with Crippen LogP contribution in [0.5, 0.6) is 0 Å². The molecule has 0 saturated heterocycles. The van der Waals surface area contributed by atoms with Gasteiger partial charge >= 0.3 is 0 Å². The molecule has 0 aliphatic heterocycles. The van der Waals surface area contributed by atoms with Gasteiger partial charge in [-0.15, -0.1) is 0 Å². The monoisotopic (exact) mass is 385 g/mol. The molecule has 0 unspecified atom stereocenters. The molecule has 2 atom stereocenters. The lowest BCUT2D eigenvalue weighted by Crippen LogP contribution is -2.45. The summed E-state index contributed by atoms with van der Waals surface area (Å²) in [6.07, 6.45) is 0.805. The predicted molar refractivity (Wildman–Crippen MR) is 98.3 cm³/mol. The van der Waals surface area contributed by atoms with Gasteiger partial charge in [0.2, 0.25) is 15.9 Å². The van der Waals surface area contributed by atoms with Crippen LogP contribution in [0.1, 0.15) is 37.6 Å². The summed E-state index contributed by atoms with van der Waals surface area (Å²) < 4.78 is 31.9. The van der Waals surface area contributed by atoms with Crippen LogP contribution in [0.15, 0.2) is 29.2 Å². The van der Waals surface area contributed by atoms with Crippen molar-refractivity contribution >= 4 is 21.8 Å². The smallest absolute Gasteiger partial charge is 0.251 e. The molecule has 0 aliphatic rings. The van der Waals surface area contributed by atoms with Gasteiger partial charge in [0, 0.05) is 25.3 Å². The normalized spacial score (nSPS) is 13.7. The van der Waals surface area contributed by atoms with Crippen molar-refractivity contribution in [3.8, 4) is 0 Å². The number of carbonyl (C=O) groups is 2. The highest BCUT2D eigenvalue weighted by molar-refractivity contribution is 7.89. The van der Waals surface area contributed by atoms with E-state index in [2.05, 4.69) is 15.4 Å². The number of ether oxygens (including phenoxy) is 1. The van der Waals surface area contributed by atoms with Gasteiger partial charge < -0.3 is 15.4 Å². The summed E-state index contributed by atoms with van der Waals surface area (Å²) in [6.45, 7) is 6.00. The van der Waals surface area contributed by atoms with E-state index < -0.39 is 22.0 Å². The zero-order chi connectivity index (χ0) is 19.7. The van der Waals surface area contributed by atoms with Crippen LogP contribution in [0.4, 0.5) is 0 Å². The summed E-state index contributed by atoms with van der Waals surface area (Å²) in [4.78, 5) is 24.0. The van der Waals surface area contributed by atoms with Crippen molar-refractivity contribution < 1.29 is 22.7 Å². The van der Waals surface area contributed by atoms with Gasteiger partial charge in [-0.2, -0.15) is 0 Å². The van der Waals surface area contributed by atoms with Crippen molar-refractivity contribution in [2.24, 2.45) is 0 Å². The second-order valence-electron chi connectivity index (χ2n) is 5.99. The highest BCUT2D eigenvalue weighted by Crippen LogP contribution is 2.11. The molecule has 1 rings (SSSR count). The van der Waals surface area contributed by atoms with Crippen LogP contribution in [0.25, 0.3) is 0 Å².